The Morgan fingerprint density at radius 1 is 1.20 bits per heavy atom. The average molecular weight is 268 g/mol. The molecule has 20 heavy (non-hydrogen) atoms. The number of phenolic OH excluding ortho intramolecular Hbond substituents is 1. The van der Waals surface area contributed by atoms with Crippen LogP contribution in [0.1, 0.15) is 18.9 Å². The van der Waals surface area contributed by atoms with Crippen molar-refractivity contribution < 1.29 is 5.11 Å². The van der Waals surface area contributed by atoms with Crippen molar-refractivity contribution in [2.75, 3.05) is 7.05 Å². The number of nitrogens with zero attached hydrogens (tertiary/aromatic N) is 1. The molecule has 0 spiro atoms. The molecule has 0 saturated heterocycles. The van der Waals surface area contributed by atoms with E-state index in [4.69, 9.17) is 0 Å². The highest BCUT2D eigenvalue weighted by Gasteiger charge is 1.99. The van der Waals surface area contributed by atoms with E-state index in [1.165, 1.54) is 0 Å². The van der Waals surface area contributed by atoms with Crippen molar-refractivity contribution >= 4 is 6.08 Å². The molecular formula is C17H20N2O. The maximum Gasteiger partial charge on any atom is 0.115 e. The molecule has 1 atom stereocenters. The molecule has 0 amide bonds. The van der Waals surface area contributed by atoms with Crippen molar-refractivity contribution in [1.82, 2.24) is 10.3 Å². The van der Waals surface area contributed by atoms with Gasteiger partial charge in [0.1, 0.15) is 5.75 Å². The lowest BCUT2D eigenvalue weighted by Gasteiger charge is -2.05. The van der Waals surface area contributed by atoms with E-state index < -0.39 is 0 Å². The highest BCUT2D eigenvalue weighted by molar-refractivity contribution is 5.66. The molecule has 1 aromatic heterocycles. The van der Waals surface area contributed by atoms with Crippen LogP contribution in [0.15, 0.2) is 48.8 Å². The van der Waals surface area contributed by atoms with Gasteiger partial charge < -0.3 is 10.4 Å². The smallest absolute Gasteiger partial charge is 0.115 e. The number of benzene rings is 1. The van der Waals surface area contributed by atoms with Gasteiger partial charge in [0.05, 0.1) is 0 Å². The van der Waals surface area contributed by atoms with Crippen LogP contribution in [-0.4, -0.2) is 23.2 Å². The molecule has 0 fully saturated rings. The van der Waals surface area contributed by atoms with Crippen molar-refractivity contribution in [1.29, 1.82) is 0 Å². The molecular weight excluding hydrogens is 248 g/mol. The first-order chi connectivity index (χ1) is 9.69. The Balaban J connectivity index is 2.13. The van der Waals surface area contributed by atoms with Gasteiger partial charge in [0.15, 0.2) is 0 Å². The van der Waals surface area contributed by atoms with Gasteiger partial charge in [-0.2, -0.15) is 0 Å². The first kappa shape index (κ1) is 14.3. The van der Waals surface area contributed by atoms with Crippen LogP contribution in [-0.2, 0) is 0 Å². The van der Waals surface area contributed by atoms with Crippen LogP contribution < -0.4 is 5.32 Å². The third-order valence-corrected chi connectivity index (χ3v) is 3.25. The third kappa shape index (κ3) is 3.93. The molecule has 0 saturated carbocycles. The number of aromatic nitrogens is 1. The second-order valence-corrected chi connectivity index (χ2v) is 4.88. The summed E-state index contributed by atoms with van der Waals surface area (Å²) >= 11 is 0. The summed E-state index contributed by atoms with van der Waals surface area (Å²) in [5, 5.41) is 12.5. The summed E-state index contributed by atoms with van der Waals surface area (Å²) in [6.45, 7) is 2.15. The molecule has 0 aliphatic carbocycles. The Labute approximate surface area is 120 Å². The number of pyridine rings is 1. The van der Waals surface area contributed by atoms with Crippen molar-refractivity contribution in [3.63, 3.8) is 0 Å². The van der Waals surface area contributed by atoms with Crippen LogP contribution in [0.4, 0.5) is 0 Å². The molecule has 3 nitrogen and oxygen atoms in total. The molecule has 0 aliphatic rings. The molecule has 0 bridgehead atoms. The first-order valence-corrected chi connectivity index (χ1v) is 6.77. The van der Waals surface area contributed by atoms with Gasteiger partial charge in [-0.15, -0.1) is 0 Å². The fraction of sp³-hybridized carbons (Fsp3) is 0.235. The quantitative estimate of drug-likeness (QED) is 0.872. The number of rotatable bonds is 5. The van der Waals surface area contributed by atoms with Crippen molar-refractivity contribution in [2.24, 2.45) is 0 Å². The Kier molecular flexibility index (Phi) is 4.91. The zero-order valence-electron chi connectivity index (χ0n) is 11.9. The van der Waals surface area contributed by atoms with E-state index in [1.807, 2.05) is 31.6 Å². The van der Waals surface area contributed by atoms with Crippen LogP contribution in [0.5, 0.6) is 5.75 Å². The molecule has 0 aliphatic heterocycles. The summed E-state index contributed by atoms with van der Waals surface area (Å²) in [5.41, 5.74) is 3.18. The predicted molar refractivity (Wildman–Crippen MR) is 83.5 cm³/mol. The van der Waals surface area contributed by atoms with Crippen molar-refractivity contribution in [3.05, 3.63) is 54.4 Å². The van der Waals surface area contributed by atoms with Gasteiger partial charge in [0.25, 0.3) is 0 Å². The zero-order chi connectivity index (χ0) is 14.4. The van der Waals surface area contributed by atoms with E-state index >= 15 is 0 Å². The monoisotopic (exact) mass is 268 g/mol. The fourth-order valence-electron chi connectivity index (χ4n) is 1.89. The van der Waals surface area contributed by atoms with Gasteiger partial charge in [-0.3, -0.25) is 4.98 Å². The highest BCUT2D eigenvalue weighted by Crippen LogP contribution is 2.22. The van der Waals surface area contributed by atoms with Gasteiger partial charge in [-0.05, 0) is 49.7 Å². The number of nitrogens with one attached hydrogen (secondary N) is 1. The molecule has 0 radical (unpaired) electrons. The second-order valence-electron chi connectivity index (χ2n) is 4.88. The normalized spacial score (nSPS) is 12.7. The SMILES string of the molecule is CNC(C)C/C=C/c1cncc(-c2ccc(O)cc2)c1. The maximum atomic E-state index is 9.32. The lowest BCUT2D eigenvalue weighted by molar-refractivity contribution is 0.475. The molecule has 104 valence electrons. The van der Waals surface area contributed by atoms with Crippen LogP contribution in [0.25, 0.3) is 17.2 Å². The largest absolute Gasteiger partial charge is 0.508 e. The Hall–Kier alpha value is -2.13. The van der Waals surface area contributed by atoms with Crippen molar-refractivity contribution in [3.8, 4) is 16.9 Å². The number of hydrogen-bond donors (Lipinski definition) is 2. The van der Waals surface area contributed by atoms with E-state index in [0.29, 0.717) is 6.04 Å². The standard InChI is InChI=1S/C17H20N2O/c1-13(18-2)4-3-5-14-10-16(12-19-11-14)15-6-8-17(20)9-7-15/h3,5-13,18,20H,4H2,1-2H3/b5-3+. The van der Waals surface area contributed by atoms with Crippen molar-refractivity contribution in [2.45, 2.75) is 19.4 Å². The van der Waals surface area contributed by atoms with E-state index in [9.17, 15) is 5.11 Å². The summed E-state index contributed by atoms with van der Waals surface area (Å²) in [6, 6.07) is 9.73. The fourth-order valence-corrected chi connectivity index (χ4v) is 1.89. The number of aromatic hydroxyl groups is 1. The molecule has 2 aromatic rings. The van der Waals surface area contributed by atoms with E-state index in [1.54, 1.807) is 12.1 Å². The minimum Gasteiger partial charge on any atom is -0.508 e. The average Bonchev–Trinajstić information content (AvgIpc) is 2.48. The lowest BCUT2D eigenvalue weighted by atomic mass is 10.1. The summed E-state index contributed by atoms with van der Waals surface area (Å²) in [7, 11) is 1.96. The minimum absolute atomic E-state index is 0.277. The first-order valence-electron chi connectivity index (χ1n) is 6.77. The summed E-state index contributed by atoms with van der Waals surface area (Å²) in [4.78, 5) is 4.27. The van der Waals surface area contributed by atoms with Gasteiger partial charge in [0.2, 0.25) is 0 Å². The number of hydrogen-bond acceptors (Lipinski definition) is 3. The molecule has 2 N–H and O–H groups in total. The number of phenols is 1. The van der Waals surface area contributed by atoms with Crippen LogP contribution in [0, 0.1) is 0 Å². The predicted octanol–water partition coefficient (Wildman–Crippen LogP) is 3.47. The Morgan fingerprint density at radius 2 is 1.95 bits per heavy atom. The van der Waals surface area contributed by atoms with Crippen LogP contribution >= 0.6 is 0 Å². The molecule has 1 aromatic carbocycles. The minimum atomic E-state index is 0.277. The summed E-state index contributed by atoms with van der Waals surface area (Å²) in [5.74, 6) is 0.277. The second kappa shape index (κ2) is 6.87. The van der Waals surface area contributed by atoms with Gasteiger partial charge >= 0.3 is 0 Å². The van der Waals surface area contributed by atoms with Crippen LogP contribution in [0.3, 0.4) is 0 Å². The maximum absolute atomic E-state index is 9.32. The molecule has 2 rings (SSSR count). The van der Waals surface area contributed by atoms with Gasteiger partial charge in [-0.25, -0.2) is 0 Å². The van der Waals surface area contributed by atoms with Gasteiger partial charge in [-0.1, -0.05) is 24.3 Å². The molecule has 1 heterocycles. The van der Waals surface area contributed by atoms with E-state index in [0.717, 1.165) is 23.1 Å². The Bertz CT molecular complexity index is 576. The Morgan fingerprint density at radius 3 is 2.65 bits per heavy atom. The molecule has 1 unspecified atom stereocenters. The van der Waals surface area contributed by atoms with E-state index in [2.05, 4.69) is 35.4 Å². The van der Waals surface area contributed by atoms with Crippen LogP contribution in [0.2, 0.25) is 0 Å². The summed E-state index contributed by atoms with van der Waals surface area (Å²) in [6.07, 6.45) is 8.91. The van der Waals surface area contributed by atoms with E-state index in [-0.39, 0.29) is 5.75 Å². The third-order valence-electron chi connectivity index (χ3n) is 3.25. The zero-order valence-corrected chi connectivity index (χ0v) is 11.9. The topological polar surface area (TPSA) is 45.2 Å². The molecule has 3 heteroatoms. The lowest BCUT2D eigenvalue weighted by Crippen LogP contribution is -2.19. The summed E-state index contributed by atoms with van der Waals surface area (Å²) < 4.78 is 0. The van der Waals surface area contributed by atoms with Gasteiger partial charge in [0, 0.05) is 24.0 Å². The highest BCUT2D eigenvalue weighted by atomic mass is 16.3.